The third-order valence-corrected chi connectivity index (χ3v) is 1.75. The normalized spacial score (nSPS) is 10.8. The molecule has 2 N–H and O–H groups in total. The van der Waals surface area contributed by atoms with Crippen molar-refractivity contribution in [1.29, 1.82) is 0 Å². The van der Waals surface area contributed by atoms with Gasteiger partial charge in [0.15, 0.2) is 5.75 Å². The van der Waals surface area contributed by atoms with E-state index in [0.717, 1.165) is 6.20 Å². The van der Waals surface area contributed by atoms with Gasteiger partial charge in [-0.25, -0.2) is 8.78 Å². The highest BCUT2D eigenvalue weighted by molar-refractivity contribution is 6.17. The van der Waals surface area contributed by atoms with E-state index in [1.807, 2.05) is 0 Å². The van der Waals surface area contributed by atoms with Crippen molar-refractivity contribution in [1.82, 2.24) is 4.98 Å². The van der Waals surface area contributed by atoms with E-state index in [2.05, 4.69) is 4.98 Å². The van der Waals surface area contributed by atoms with Crippen LogP contribution in [-0.2, 0) is 5.88 Å². The topological polar surface area (TPSA) is 53.4 Å². The van der Waals surface area contributed by atoms with Gasteiger partial charge in [-0.3, -0.25) is 4.98 Å². The maximum absolute atomic E-state index is 12.2. The fourth-order valence-corrected chi connectivity index (χ4v) is 1.06. The van der Waals surface area contributed by atoms with Crippen molar-refractivity contribution in [3.63, 3.8) is 0 Å². The summed E-state index contributed by atoms with van der Waals surface area (Å²) >= 11 is 5.31. The summed E-state index contributed by atoms with van der Waals surface area (Å²) in [5.74, 6) is -1.67. The minimum absolute atomic E-state index is 0.0743. The summed E-state index contributed by atoms with van der Waals surface area (Å²) < 4.78 is 24.4. The number of rotatable bonds is 2. The molecule has 1 aromatic rings. The van der Waals surface area contributed by atoms with Gasteiger partial charge in [-0.1, -0.05) is 0 Å². The van der Waals surface area contributed by atoms with Crippen molar-refractivity contribution in [2.75, 3.05) is 0 Å². The van der Waals surface area contributed by atoms with E-state index >= 15 is 0 Å². The molecular weight excluding hydrogens is 204 g/mol. The first-order valence-corrected chi connectivity index (χ1v) is 3.85. The first-order valence-electron chi connectivity index (χ1n) is 3.31. The molecule has 0 aliphatic carbocycles. The van der Waals surface area contributed by atoms with Crippen molar-refractivity contribution in [2.45, 2.75) is 12.3 Å². The molecule has 0 fully saturated rings. The molecular formula is C7H6ClF2NO2. The Morgan fingerprint density at radius 1 is 1.46 bits per heavy atom. The Bertz CT molecular complexity index is 320. The molecule has 0 saturated heterocycles. The lowest BCUT2D eigenvalue weighted by molar-refractivity contribution is 0.143. The van der Waals surface area contributed by atoms with Gasteiger partial charge in [-0.2, -0.15) is 0 Å². The van der Waals surface area contributed by atoms with E-state index in [0.29, 0.717) is 0 Å². The molecule has 0 aliphatic rings. The van der Waals surface area contributed by atoms with Gasteiger partial charge in [0.05, 0.1) is 17.8 Å². The van der Waals surface area contributed by atoms with E-state index in [9.17, 15) is 8.78 Å². The molecule has 0 spiro atoms. The summed E-state index contributed by atoms with van der Waals surface area (Å²) in [6.45, 7) is 0. The van der Waals surface area contributed by atoms with Crippen LogP contribution in [0.2, 0.25) is 0 Å². The lowest BCUT2D eigenvalue weighted by Crippen LogP contribution is -1.93. The van der Waals surface area contributed by atoms with Gasteiger partial charge in [-0.15, -0.1) is 11.6 Å². The van der Waals surface area contributed by atoms with E-state index in [4.69, 9.17) is 21.8 Å². The van der Waals surface area contributed by atoms with Crippen LogP contribution >= 0.6 is 11.6 Å². The first-order chi connectivity index (χ1) is 6.07. The van der Waals surface area contributed by atoms with Gasteiger partial charge >= 0.3 is 0 Å². The van der Waals surface area contributed by atoms with Crippen molar-refractivity contribution in [2.24, 2.45) is 0 Å². The van der Waals surface area contributed by atoms with Crippen LogP contribution < -0.4 is 0 Å². The Labute approximate surface area is 77.6 Å². The zero-order valence-corrected chi connectivity index (χ0v) is 7.09. The highest BCUT2D eigenvalue weighted by atomic mass is 35.5. The van der Waals surface area contributed by atoms with E-state index in [1.54, 1.807) is 0 Å². The number of hydrogen-bond donors (Lipinski definition) is 2. The summed E-state index contributed by atoms with van der Waals surface area (Å²) in [6, 6.07) is 0. The van der Waals surface area contributed by atoms with Crippen molar-refractivity contribution < 1.29 is 19.0 Å². The molecule has 6 heteroatoms. The Morgan fingerprint density at radius 3 is 2.54 bits per heavy atom. The van der Waals surface area contributed by atoms with Crippen LogP contribution in [0.15, 0.2) is 6.20 Å². The standard InChI is InChI=1S/C7H6ClF2NO2/c8-1-3-6(13)5(7(9)10)4(12)2-11-3/h2,7,12-13H,1H2. The van der Waals surface area contributed by atoms with Crippen LogP contribution in [-0.4, -0.2) is 15.2 Å². The number of halogens is 3. The Hall–Kier alpha value is -1.10. The highest BCUT2D eigenvalue weighted by Gasteiger charge is 2.21. The van der Waals surface area contributed by atoms with Crippen LogP contribution in [0, 0.1) is 0 Å². The first kappa shape index (κ1) is 9.98. The lowest BCUT2D eigenvalue weighted by Gasteiger charge is -2.07. The van der Waals surface area contributed by atoms with E-state index < -0.39 is 23.5 Å². The molecule has 1 rings (SSSR count). The predicted octanol–water partition coefficient (Wildman–Crippen LogP) is 2.17. The Balaban J connectivity index is 3.30. The average molecular weight is 210 g/mol. The second kappa shape index (κ2) is 3.74. The summed E-state index contributed by atoms with van der Waals surface area (Å²) in [6.07, 6.45) is -2.12. The highest BCUT2D eigenvalue weighted by Crippen LogP contribution is 2.37. The van der Waals surface area contributed by atoms with Crippen LogP contribution in [0.25, 0.3) is 0 Å². The van der Waals surface area contributed by atoms with Gasteiger partial charge < -0.3 is 10.2 Å². The molecule has 0 radical (unpaired) electrons. The number of hydrogen-bond acceptors (Lipinski definition) is 3. The van der Waals surface area contributed by atoms with Crippen LogP contribution in [0.4, 0.5) is 8.78 Å². The minimum atomic E-state index is -2.95. The molecule has 72 valence electrons. The van der Waals surface area contributed by atoms with Gasteiger partial charge in [0.25, 0.3) is 6.43 Å². The maximum Gasteiger partial charge on any atom is 0.271 e. The van der Waals surface area contributed by atoms with Crippen LogP contribution in [0.1, 0.15) is 17.7 Å². The number of aromatic nitrogens is 1. The smallest absolute Gasteiger partial charge is 0.271 e. The molecule has 0 atom stereocenters. The van der Waals surface area contributed by atoms with E-state index in [1.165, 1.54) is 0 Å². The molecule has 0 aromatic carbocycles. The van der Waals surface area contributed by atoms with E-state index in [-0.39, 0.29) is 11.6 Å². The second-order valence-corrected chi connectivity index (χ2v) is 2.55. The maximum atomic E-state index is 12.2. The Kier molecular flexibility index (Phi) is 2.87. The summed E-state index contributed by atoms with van der Waals surface area (Å²) in [7, 11) is 0. The number of nitrogens with zero attached hydrogens (tertiary/aromatic N) is 1. The third-order valence-electron chi connectivity index (χ3n) is 1.49. The Morgan fingerprint density at radius 2 is 2.08 bits per heavy atom. The third kappa shape index (κ3) is 1.80. The van der Waals surface area contributed by atoms with Crippen LogP contribution in [0.3, 0.4) is 0 Å². The molecule has 0 unspecified atom stereocenters. The fourth-order valence-electron chi connectivity index (χ4n) is 0.859. The average Bonchev–Trinajstić information content (AvgIpc) is 2.04. The molecule has 0 saturated carbocycles. The molecule has 0 amide bonds. The molecule has 1 aromatic heterocycles. The summed E-state index contributed by atoms with van der Waals surface area (Å²) in [4.78, 5) is 3.47. The fraction of sp³-hybridized carbons (Fsp3) is 0.286. The number of pyridine rings is 1. The monoisotopic (exact) mass is 209 g/mol. The SMILES string of the molecule is Oc1cnc(CCl)c(O)c1C(F)F. The quantitative estimate of drug-likeness (QED) is 0.734. The molecule has 0 aliphatic heterocycles. The predicted molar refractivity (Wildman–Crippen MR) is 42.1 cm³/mol. The van der Waals surface area contributed by atoms with Crippen molar-refractivity contribution >= 4 is 11.6 Å². The second-order valence-electron chi connectivity index (χ2n) is 2.29. The van der Waals surface area contributed by atoms with Gasteiger partial charge in [0, 0.05) is 0 Å². The zero-order valence-electron chi connectivity index (χ0n) is 6.34. The van der Waals surface area contributed by atoms with Gasteiger partial charge in [0.2, 0.25) is 0 Å². The van der Waals surface area contributed by atoms with Crippen molar-refractivity contribution in [3.8, 4) is 11.5 Å². The number of aromatic hydroxyl groups is 2. The molecule has 13 heavy (non-hydrogen) atoms. The molecule has 0 bridgehead atoms. The summed E-state index contributed by atoms with van der Waals surface area (Å²) in [5, 5.41) is 18.1. The minimum Gasteiger partial charge on any atom is -0.506 e. The molecule has 3 nitrogen and oxygen atoms in total. The largest absolute Gasteiger partial charge is 0.506 e. The zero-order chi connectivity index (χ0) is 10.0. The van der Waals surface area contributed by atoms with Crippen LogP contribution in [0.5, 0.6) is 11.5 Å². The van der Waals surface area contributed by atoms with Crippen molar-refractivity contribution in [3.05, 3.63) is 17.5 Å². The summed E-state index contributed by atoms with van der Waals surface area (Å²) in [5.41, 5.74) is -0.902. The van der Waals surface area contributed by atoms with Gasteiger partial charge in [-0.05, 0) is 0 Å². The van der Waals surface area contributed by atoms with Gasteiger partial charge in [0.1, 0.15) is 11.3 Å². The number of alkyl halides is 3. The molecule has 1 heterocycles. The lowest BCUT2D eigenvalue weighted by atomic mass is 10.2.